The number of aliphatic carboxylic acids is 1. The number of hydrogen-bond acceptors (Lipinski definition) is 4. The van der Waals surface area contributed by atoms with Crippen LogP contribution in [0.25, 0.3) is 11.3 Å². The maximum absolute atomic E-state index is 13.0. The largest absolute Gasteiger partial charge is 0.479 e. The van der Waals surface area contributed by atoms with Gasteiger partial charge in [0.05, 0.1) is 17.5 Å². The Balaban J connectivity index is 1.79. The number of benzene rings is 1. The van der Waals surface area contributed by atoms with Crippen molar-refractivity contribution in [2.45, 2.75) is 18.4 Å². The van der Waals surface area contributed by atoms with Gasteiger partial charge >= 0.3 is 5.97 Å². The summed E-state index contributed by atoms with van der Waals surface area (Å²) >= 11 is 0. The van der Waals surface area contributed by atoms with Gasteiger partial charge < -0.3 is 15.1 Å². The molecule has 0 aliphatic carbocycles. The van der Waals surface area contributed by atoms with Gasteiger partial charge in [0.2, 0.25) is 0 Å². The highest BCUT2D eigenvalue weighted by molar-refractivity contribution is 5.99. The van der Waals surface area contributed by atoms with Gasteiger partial charge in [-0.1, -0.05) is 0 Å². The summed E-state index contributed by atoms with van der Waals surface area (Å²) in [5.41, 5.74) is -0.370. The maximum atomic E-state index is 13.0. The molecule has 0 atom stereocenters. The second-order valence-corrected chi connectivity index (χ2v) is 5.79. The molecule has 0 radical (unpaired) electrons. The Hall–Kier alpha value is -2.74. The molecule has 0 unspecified atom stereocenters. The standard InChI is InChI=1S/C16H16FN3O4/c17-11-3-1-10(2-4-11)13-12(9-18-19-13)14(21)20-7-5-16(24,6-8-20)15(22)23/h1-4,9,24H,5-8H2,(H,18,19)(H,22,23). The molecule has 1 saturated heterocycles. The Morgan fingerprint density at radius 2 is 1.83 bits per heavy atom. The number of aliphatic hydroxyl groups is 1. The van der Waals surface area contributed by atoms with Crippen LogP contribution in [0.2, 0.25) is 0 Å². The van der Waals surface area contributed by atoms with Gasteiger partial charge in [0.15, 0.2) is 5.60 Å². The summed E-state index contributed by atoms with van der Waals surface area (Å²) < 4.78 is 13.0. The fraction of sp³-hybridized carbons (Fsp3) is 0.312. The Morgan fingerprint density at radius 1 is 1.21 bits per heavy atom. The van der Waals surface area contributed by atoms with Gasteiger partial charge in [-0.25, -0.2) is 9.18 Å². The second kappa shape index (κ2) is 6.04. The summed E-state index contributed by atoms with van der Waals surface area (Å²) in [5.74, 6) is -1.96. The van der Waals surface area contributed by atoms with Crippen molar-refractivity contribution in [3.8, 4) is 11.3 Å². The van der Waals surface area contributed by atoms with Crippen molar-refractivity contribution >= 4 is 11.9 Å². The van der Waals surface area contributed by atoms with Crippen molar-refractivity contribution in [2.75, 3.05) is 13.1 Å². The minimum absolute atomic E-state index is 0.0300. The van der Waals surface area contributed by atoms with Gasteiger partial charge in [-0.15, -0.1) is 0 Å². The van der Waals surface area contributed by atoms with Crippen molar-refractivity contribution in [1.82, 2.24) is 15.1 Å². The van der Waals surface area contributed by atoms with Gasteiger partial charge in [-0.2, -0.15) is 5.10 Å². The number of aromatic amines is 1. The van der Waals surface area contributed by atoms with E-state index < -0.39 is 11.6 Å². The van der Waals surface area contributed by atoms with Crippen LogP contribution in [0.5, 0.6) is 0 Å². The van der Waals surface area contributed by atoms with Crippen molar-refractivity contribution in [3.05, 3.63) is 41.8 Å². The van der Waals surface area contributed by atoms with Crippen molar-refractivity contribution in [1.29, 1.82) is 0 Å². The predicted molar refractivity (Wildman–Crippen MR) is 81.7 cm³/mol. The molecule has 126 valence electrons. The Bertz CT molecular complexity index is 764. The summed E-state index contributed by atoms with van der Waals surface area (Å²) in [7, 11) is 0. The molecule has 1 amide bonds. The minimum atomic E-state index is -1.78. The number of aromatic nitrogens is 2. The number of carbonyl (C=O) groups is 2. The fourth-order valence-corrected chi connectivity index (χ4v) is 2.75. The van der Waals surface area contributed by atoms with Gasteiger partial charge in [0, 0.05) is 31.5 Å². The molecule has 3 N–H and O–H groups in total. The quantitative estimate of drug-likeness (QED) is 0.784. The molecule has 7 nitrogen and oxygen atoms in total. The molecule has 2 heterocycles. The van der Waals surface area contributed by atoms with E-state index in [2.05, 4.69) is 10.2 Å². The topological polar surface area (TPSA) is 107 Å². The highest BCUT2D eigenvalue weighted by atomic mass is 19.1. The third kappa shape index (κ3) is 2.88. The molecule has 0 saturated carbocycles. The highest BCUT2D eigenvalue weighted by Gasteiger charge is 2.40. The molecule has 2 aromatic rings. The van der Waals surface area contributed by atoms with Crippen LogP contribution in [0.4, 0.5) is 4.39 Å². The van der Waals surface area contributed by atoms with E-state index in [0.29, 0.717) is 16.8 Å². The van der Waals surface area contributed by atoms with Crippen LogP contribution in [-0.2, 0) is 4.79 Å². The molecule has 1 aliphatic heterocycles. The smallest absolute Gasteiger partial charge is 0.335 e. The number of nitrogens with zero attached hydrogens (tertiary/aromatic N) is 2. The summed E-state index contributed by atoms with van der Waals surface area (Å²) in [6, 6.07) is 5.66. The van der Waals surface area contributed by atoms with E-state index in [1.807, 2.05) is 0 Å². The number of rotatable bonds is 3. The number of nitrogens with one attached hydrogen (secondary N) is 1. The normalized spacial score (nSPS) is 16.8. The maximum Gasteiger partial charge on any atom is 0.335 e. The zero-order chi connectivity index (χ0) is 17.3. The Morgan fingerprint density at radius 3 is 2.42 bits per heavy atom. The SMILES string of the molecule is O=C(c1cn[nH]c1-c1ccc(F)cc1)N1CCC(O)(C(=O)O)CC1. The number of carboxylic acid groups (broad SMARTS) is 1. The molecule has 1 aromatic carbocycles. The summed E-state index contributed by atoms with van der Waals surface area (Å²) in [6.45, 7) is 0.269. The molecular weight excluding hydrogens is 317 g/mol. The van der Waals surface area contributed by atoms with E-state index in [1.54, 1.807) is 12.1 Å². The number of hydrogen-bond donors (Lipinski definition) is 3. The van der Waals surface area contributed by atoms with E-state index >= 15 is 0 Å². The highest BCUT2D eigenvalue weighted by Crippen LogP contribution is 2.26. The van der Waals surface area contributed by atoms with Gasteiger partial charge in [-0.05, 0) is 24.3 Å². The number of H-pyrrole nitrogens is 1. The number of halogens is 1. The van der Waals surface area contributed by atoms with Crippen LogP contribution in [0, 0.1) is 5.82 Å². The second-order valence-electron chi connectivity index (χ2n) is 5.79. The lowest BCUT2D eigenvalue weighted by Crippen LogP contribution is -2.50. The third-order valence-electron chi connectivity index (χ3n) is 4.28. The van der Waals surface area contributed by atoms with E-state index in [1.165, 1.54) is 23.2 Å². The van der Waals surface area contributed by atoms with E-state index in [-0.39, 0.29) is 37.7 Å². The van der Waals surface area contributed by atoms with Crippen LogP contribution in [0.15, 0.2) is 30.5 Å². The summed E-state index contributed by atoms with van der Waals surface area (Å²) in [5, 5.41) is 25.6. The molecular formula is C16H16FN3O4. The van der Waals surface area contributed by atoms with Crippen LogP contribution in [0.1, 0.15) is 23.2 Å². The van der Waals surface area contributed by atoms with Crippen LogP contribution in [0.3, 0.4) is 0 Å². The van der Waals surface area contributed by atoms with E-state index in [0.717, 1.165) is 0 Å². The predicted octanol–water partition coefficient (Wildman–Crippen LogP) is 1.27. The molecule has 1 aliphatic rings. The lowest BCUT2D eigenvalue weighted by molar-refractivity contribution is -0.162. The number of likely N-dealkylation sites (tertiary alicyclic amines) is 1. The molecule has 3 rings (SSSR count). The zero-order valence-electron chi connectivity index (χ0n) is 12.7. The molecule has 0 spiro atoms. The van der Waals surface area contributed by atoms with Gasteiger partial charge in [0.1, 0.15) is 5.82 Å². The number of piperidine rings is 1. The zero-order valence-corrected chi connectivity index (χ0v) is 12.7. The summed E-state index contributed by atoms with van der Waals surface area (Å²) in [6.07, 6.45) is 1.33. The average Bonchev–Trinajstić information content (AvgIpc) is 3.05. The van der Waals surface area contributed by atoms with E-state index in [4.69, 9.17) is 5.11 Å². The van der Waals surface area contributed by atoms with Crippen LogP contribution >= 0.6 is 0 Å². The fourth-order valence-electron chi connectivity index (χ4n) is 2.75. The number of carbonyl (C=O) groups excluding carboxylic acids is 1. The lowest BCUT2D eigenvalue weighted by atomic mass is 9.91. The van der Waals surface area contributed by atoms with Crippen LogP contribution in [-0.4, -0.2) is 55.9 Å². The Labute approximate surface area is 136 Å². The molecule has 1 fully saturated rings. The van der Waals surface area contributed by atoms with Gasteiger partial charge in [0.25, 0.3) is 5.91 Å². The number of amides is 1. The lowest BCUT2D eigenvalue weighted by Gasteiger charge is -2.35. The monoisotopic (exact) mass is 333 g/mol. The average molecular weight is 333 g/mol. The van der Waals surface area contributed by atoms with Crippen molar-refractivity contribution in [2.24, 2.45) is 0 Å². The molecule has 0 bridgehead atoms. The van der Waals surface area contributed by atoms with Crippen molar-refractivity contribution in [3.63, 3.8) is 0 Å². The van der Waals surface area contributed by atoms with Crippen LogP contribution < -0.4 is 0 Å². The molecule has 24 heavy (non-hydrogen) atoms. The van der Waals surface area contributed by atoms with Gasteiger partial charge in [-0.3, -0.25) is 9.89 Å². The van der Waals surface area contributed by atoms with E-state index in [9.17, 15) is 19.1 Å². The van der Waals surface area contributed by atoms with Crippen molar-refractivity contribution < 1.29 is 24.2 Å². The molecule has 8 heteroatoms. The molecule has 1 aromatic heterocycles. The first kappa shape index (κ1) is 16.1. The minimum Gasteiger partial charge on any atom is -0.479 e. The first-order chi connectivity index (χ1) is 11.4. The Kier molecular flexibility index (Phi) is 4.06. The number of carboxylic acids is 1. The summed E-state index contributed by atoms with van der Waals surface area (Å²) in [4.78, 5) is 25.2. The first-order valence-electron chi connectivity index (χ1n) is 7.45. The first-order valence-corrected chi connectivity index (χ1v) is 7.45. The third-order valence-corrected chi connectivity index (χ3v) is 4.28.